The second-order valence-corrected chi connectivity index (χ2v) is 5.97. The third-order valence-electron chi connectivity index (χ3n) is 2.29. The fourth-order valence-electron chi connectivity index (χ4n) is 1.55. The van der Waals surface area contributed by atoms with Gasteiger partial charge < -0.3 is 0 Å². The molecule has 1 aromatic carbocycles. The van der Waals surface area contributed by atoms with Crippen molar-refractivity contribution < 1.29 is 8.60 Å². The van der Waals surface area contributed by atoms with E-state index in [-0.39, 0.29) is 11.5 Å². The van der Waals surface area contributed by atoms with Crippen molar-refractivity contribution in [3.8, 4) is 0 Å². The quantitative estimate of drug-likeness (QED) is 0.705. The van der Waals surface area contributed by atoms with Gasteiger partial charge in [-0.3, -0.25) is 0 Å². The number of nitrogens with zero attached hydrogens (tertiary/aromatic N) is 1. The molecule has 1 heterocycles. The van der Waals surface area contributed by atoms with Crippen LogP contribution in [0.5, 0.6) is 0 Å². The third-order valence-corrected chi connectivity index (χ3v) is 4.68. The van der Waals surface area contributed by atoms with E-state index in [1.165, 1.54) is 6.07 Å². The van der Waals surface area contributed by atoms with Crippen LogP contribution >= 0.6 is 0 Å². The second-order valence-electron chi connectivity index (χ2n) is 3.43. The van der Waals surface area contributed by atoms with Crippen molar-refractivity contribution in [1.29, 1.82) is 0 Å². The number of rotatable bonds is 1. The molecule has 1 aliphatic heterocycles. The molecular weight excluding hydrogens is 201 g/mol. The van der Waals surface area contributed by atoms with Gasteiger partial charge in [0.2, 0.25) is 0 Å². The van der Waals surface area contributed by atoms with Crippen LogP contribution in [0.3, 0.4) is 0 Å². The van der Waals surface area contributed by atoms with Crippen LogP contribution in [-0.2, 0) is 9.73 Å². The summed E-state index contributed by atoms with van der Waals surface area (Å²) in [6.45, 7) is 0. The van der Waals surface area contributed by atoms with Gasteiger partial charge in [0, 0.05) is 11.5 Å². The molecule has 0 atom stereocenters. The average Bonchev–Trinajstić information content (AvgIpc) is 2.57. The first kappa shape index (κ1) is 9.65. The number of hydrogen-bond acceptors (Lipinski definition) is 2. The first-order valence-electron chi connectivity index (χ1n) is 4.67. The van der Waals surface area contributed by atoms with Crippen molar-refractivity contribution in [1.82, 2.24) is 0 Å². The van der Waals surface area contributed by atoms with Crippen LogP contribution in [0.15, 0.2) is 28.6 Å². The maximum Gasteiger partial charge on any atom is 0.149 e. The third kappa shape index (κ3) is 1.95. The highest BCUT2D eigenvalue weighted by Crippen LogP contribution is 2.22. The molecule has 14 heavy (non-hydrogen) atoms. The van der Waals surface area contributed by atoms with E-state index in [9.17, 15) is 8.60 Å². The fraction of sp³-hybridized carbons (Fsp3) is 0.400. The molecule has 4 heteroatoms. The zero-order valence-corrected chi connectivity index (χ0v) is 8.60. The Labute approximate surface area is 83.3 Å². The molecule has 0 aliphatic carbocycles. The lowest BCUT2D eigenvalue weighted by atomic mass is 10.3. The summed E-state index contributed by atoms with van der Waals surface area (Å²) in [7, 11) is -2.14. The lowest BCUT2D eigenvalue weighted by Crippen LogP contribution is -1.99. The van der Waals surface area contributed by atoms with E-state index in [2.05, 4.69) is 4.36 Å². The van der Waals surface area contributed by atoms with E-state index >= 15 is 0 Å². The maximum atomic E-state index is 13.2. The molecule has 1 saturated heterocycles. The molecule has 0 radical (unpaired) electrons. The number of halogens is 1. The van der Waals surface area contributed by atoms with Gasteiger partial charge in [0.05, 0.1) is 9.73 Å². The minimum atomic E-state index is -2.14. The maximum absolute atomic E-state index is 13.2. The van der Waals surface area contributed by atoms with Gasteiger partial charge in [-0.25, -0.2) is 8.60 Å². The standard InChI is InChI=1S/C10H12FNOS/c11-9-5-1-2-6-10(9)12-14(13)7-3-4-8-14/h1-2,5-6H,3-4,7-8H2. The summed E-state index contributed by atoms with van der Waals surface area (Å²) in [5, 5.41) is 0. The normalized spacial score (nSPS) is 19.5. The SMILES string of the molecule is O=S1(=Nc2ccccc2F)CCCC1. The van der Waals surface area contributed by atoms with E-state index in [1.807, 2.05) is 0 Å². The Balaban J connectivity index is 2.43. The summed E-state index contributed by atoms with van der Waals surface area (Å²) in [6.07, 6.45) is 1.88. The molecule has 0 bridgehead atoms. The van der Waals surface area contributed by atoms with Crippen molar-refractivity contribution in [2.45, 2.75) is 12.8 Å². The van der Waals surface area contributed by atoms with E-state index in [1.54, 1.807) is 18.2 Å². The van der Waals surface area contributed by atoms with Crippen molar-refractivity contribution in [2.24, 2.45) is 4.36 Å². The van der Waals surface area contributed by atoms with Gasteiger partial charge >= 0.3 is 0 Å². The Bertz CT molecular complexity index is 437. The molecule has 2 nitrogen and oxygen atoms in total. The van der Waals surface area contributed by atoms with Crippen molar-refractivity contribution in [3.63, 3.8) is 0 Å². The molecule has 0 N–H and O–H groups in total. The highest BCUT2D eigenvalue weighted by Gasteiger charge is 2.16. The van der Waals surface area contributed by atoms with Crippen LogP contribution in [0.4, 0.5) is 10.1 Å². The van der Waals surface area contributed by atoms with Crippen LogP contribution in [-0.4, -0.2) is 15.7 Å². The first-order chi connectivity index (χ1) is 6.70. The van der Waals surface area contributed by atoms with Crippen LogP contribution in [0, 0.1) is 5.82 Å². The average molecular weight is 213 g/mol. The molecule has 0 amide bonds. The van der Waals surface area contributed by atoms with E-state index in [0.717, 1.165) is 12.8 Å². The fourth-order valence-corrected chi connectivity index (χ4v) is 3.76. The highest BCUT2D eigenvalue weighted by atomic mass is 32.2. The largest absolute Gasteiger partial charge is 0.249 e. The molecule has 0 unspecified atom stereocenters. The van der Waals surface area contributed by atoms with Crippen LogP contribution < -0.4 is 0 Å². The predicted octanol–water partition coefficient (Wildman–Crippen LogP) is 2.72. The van der Waals surface area contributed by atoms with Crippen LogP contribution in [0.2, 0.25) is 0 Å². The summed E-state index contributed by atoms with van der Waals surface area (Å²) in [5.41, 5.74) is 0.236. The van der Waals surface area contributed by atoms with E-state index in [0.29, 0.717) is 11.5 Å². The van der Waals surface area contributed by atoms with Gasteiger partial charge in [-0.15, -0.1) is 0 Å². The zero-order chi connectivity index (χ0) is 10.0. The Hall–Kier alpha value is -0.900. The topological polar surface area (TPSA) is 29.4 Å². The molecular formula is C10H12FNOS. The lowest BCUT2D eigenvalue weighted by molar-refractivity contribution is 0.629. The minimum absolute atomic E-state index is 0.236. The van der Waals surface area contributed by atoms with Crippen molar-refractivity contribution >= 4 is 15.4 Å². The minimum Gasteiger partial charge on any atom is -0.249 e. The number of benzene rings is 1. The zero-order valence-electron chi connectivity index (χ0n) is 7.78. The molecule has 0 saturated carbocycles. The summed E-state index contributed by atoms with van der Waals surface area (Å²) in [4.78, 5) is 0. The van der Waals surface area contributed by atoms with Crippen molar-refractivity contribution in [2.75, 3.05) is 11.5 Å². The molecule has 1 aliphatic rings. The van der Waals surface area contributed by atoms with Crippen LogP contribution in [0.25, 0.3) is 0 Å². The predicted molar refractivity (Wildman–Crippen MR) is 55.6 cm³/mol. The molecule has 0 spiro atoms. The molecule has 76 valence electrons. The Morgan fingerprint density at radius 3 is 2.50 bits per heavy atom. The van der Waals surface area contributed by atoms with E-state index < -0.39 is 9.73 Å². The second kappa shape index (κ2) is 3.69. The van der Waals surface area contributed by atoms with Gasteiger partial charge in [0.15, 0.2) is 0 Å². The summed E-state index contributed by atoms with van der Waals surface area (Å²) in [6, 6.07) is 6.23. The van der Waals surface area contributed by atoms with Gasteiger partial charge in [0.25, 0.3) is 0 Å². The molecule has 0 aromatic heterocycles. The van der Waals surface area contributed by atoms with Gasteiger partial charge in [0.1, 0.15) is 11.5 Å². The lowest BCUT2D eigenvalue weighted by Gasteiger charge is -2.00. The highest BCUT2D eigenvalue weighted by molar-refractivity contribution is 7.93. The summed E-state index contributed by atoms with van der Waals surface area (Å²) < 4.78 is 29.2. The smallest absolute Gasteiger partial charge is 0.149 e. The van der Waals surface area contributed by atoms with Crippen molar-refractivity contribution in [3.05, 3.63) is 30.1 Å². The van der Waals surface area contributed by atoms with Gasteiger partial charge in [-0.05, 0) is 25.0 Å². The first-order valence-corrected chi connectivity index (χ1v) is 6.52. The summed E-state index contributed by atoms with van der Waals surface area (Å²) in [5.74, 6) is 0.838. The Kier molecular flexibility index (Phi) is 2.54. The van der Waals surface area contributed by atoms with Gasteiger partial charge in [-0.1, -0.05) is 12.1 Å². The molecule has 2 rings (SSSR count). The monoisotopic (exact) mass is 213 g/mol. The summed E-state index contributed by atoms with van der Waals surface area (Å²) >= 11 is 0. The Morgan fingerprint density at radius 1 is 1.21 bits per heavy atom. The molecule has 1 aromatic rings. The Morgan fingerprint density at radius 2 is 1.86 bits per heavy atom. The van der Waals surface area contributed by atoms with Crippen LogP contribution in [0.1, 0.15) is 12.8 Å². The number of hydrogen-bond donors (Lipinski definition) is 0. The van der Waals surface area contributed by atoms with Gasteiger partial charge in [-0.2, -0.15) is 4.36 Å². The van der Waals surface area contributed by atoms with E-state index in [4.69, 9.17) is 0 Å². The molecule has 1 fully saturated rings.